The summed E-state index contributed by atoms with van der Waals surface area (Å²) in [7, 11) is 3.14. The number of ether oxygens (including phenoxy) is 5. The molecule has 0 saturated carbocycles. The number of fused-ring (bicyclic) bond motifs is 2. The molecule has 6 rings (SSSR count). The Morgan fingerprint density at radius 3 is 2.02 bits per heavy atom. The lowest BCUT2D eigenvalue weighted by Crippen LogP contribution is -2.53. The number of hydrogen-bond donors (Lipinski definition) is 0. The van der Waals surface area contributed by atoms with Crippen LogP contribution < -0.4 is 9.47 Å². The number of aryl methyl sites for hydroxylation is 1. The molecular weight excluding hydrogens is 706 g/mol. The molecule has 9 nitrogen and oxygen atoms in total. The van der Waals surface area contributed by atoms with Gasteiger partial charge in [-0.2, -0.15) is 10.1 Å². The van der Waals surface area contributed by atoms with Gasteiger partial charge in [-0.25, -0.2) is 4.39 Å². The van der Waals surface area contributed by atoms with Crippen molar-refractivity contribution in [3.05, 3.63) is 131 Å². The van der Waals surface area contributed by atoms with Crippen LogP contribution in [0, 0.1) is 24.1 Å². The predicted molar refractivity (Wildman–Crippen MR) is 206 cm³/mol. The third kappa shape index (κ3) is 7.52. The van der Waals surface area contributed by atoms with Crippen molar-refractivity contribution in [2.45, 2.75) is 82.6 Å². The van der Waals surface area contributed by atoms with Gasteiger partial charge in [0.1, 0.15) is 65.5 Å². The van der Waals surface area contributed by atoms with Gasteiger partial charge in [0.15, 0.2) is 0 Å². The van der Waals surface area contributed by atoms with E-state index in [1.165, 1.54) is 6.07 Å². The maximum atomic E-state index is 14.5. The van der Waals surface area contributed by atoms with Gasteiger partial charge in [0.25, 0.3) is 8.96 Å². The van der Waals surface area contributed by atoms with Gasteiger partial charge in [0.05, 0.1) is 39.9 Å². The van der Waals surface area contributed by atoms with Crippen LogP contribution in [0.15, 0.2) is 97.1 Å². The lowest BCUT2D eigenvalue weighted by atomic mass is 9.79. The predicted octanol–water partition coefficient (Wildman–Crippen LogP) is 8.74. The van der Waals surface area contributed by atoms with Crippen LogP contribution in [-0.2, 0) is 29.2 Å². The molecule has 0 N–H and O–H groups in total. The average molecular weight is 758 g/mol. The van der Waals surface area contributed by atoms with Crippen LogP contribution in [0.4, 0.5) is 4.39 Å². The first-order valence-electron chi connectivity index (χ1n) is 18.4. The van der Waals surface area contributed by atoms with Crippen molar-refractivity contribution in [1.29, 1.82) is 5.26 Å². The molecule has 0 aromatic heterocycles. The topological polar surface area (TPSA) is 88.4 Å². The van der Waals surface area contributed by atoms with E-state index in [-0.39, 0.29) is 57.5 Å². The Morgan fingerprint density at radius 2 is 1.48 bits per heavy atom. The van der Waals surface area contributed by atoms with Gasteiger partial charge < -0.3 is 28.2 Å². The van der Waals surface area contributed by atoms with Crippen molar-refractivity contribution in [1.82, 2.24) is 0 Å². The highest BCUT2D eigenvalue weighted by Crippen LogP contribution is 2.54. The average Bonchev–Trinajstić information content (AvgIpc) is 3.70. The fourth-order valence-electron chi connectivity index (χ4n) is 7.63. The summed E-state index contributed by atoms with van der Waals surface area (Å²) in [5.74, 6) is 1.16. The van der Waals surface area contributed by atoms with Crippen molar-refractivity contribution in [3.63, 3.8) is 0 Å². The zero-order valence-electron chi connectivity index (χ0n) is 32.1. The summed E-state index contributed by atoms with van der Waals surface area (Å²) in [5.41, 5.74) is 1.84. The lowest BCUT2D eigenvalue weighted by Gasteiger charge is -2.42. The van der Waals surface area contributed by atoms with E-state index in [1.54, 1.807) is 27.2 Å². The lowest BCUT2D eigenvalue weighted by molar-refractivity contribution is -1.04. The van der Waals surface area contributed by atoms with Crippen LogP contribution in [0.2, 0.25) is 0 Å². The summed E-state index contributed by atoms with van der Waals surface area (Å²) in [6.07, 6.45) is -1.34. The summed E-state index contributed by atoms with van der Waals surface area (Å²) >= 11 is 0. The van der Waals surface area contributed by atoms with E-state index in [0.29, 0.717) is 5.56 Å². The van der Waals surface area contributed by atoms with Crippen LogP contribution in [0.5, 0.6) is 11.5 Å². The van der Waals surface area contributed by atoms with Crippen molar-refractivity contribution >= 4 is 8.96 Å². The third-order valence-corrected chi connectivity index (χ3v) is 12.4. The Kier molecular flexibility index (Phi) is 12.4. The Balaban J connectivity index is 1.45. The summed E-state index contributed by atoms with van der Waals surface area (Å²) in [6, 6.07) is 33.2. The molecule has 2 bridgehead atoms. The van der Waals surface area contributed by atoms with E-state index in [1.807, 2.05) is 72.8 Å². The highest BCUT2D eigenvalue weighted by molar-refractivity contribution is 7.25. The van der Waals surface area contributed by atoms with Crippen molar-refractivity contribution in [2.75, 3.05) is 34.0 Å². The number of rotatable bonds is 17. The second-order valence-corrected chi connectivity index (χ2v) is 15.6. The molecule has 0 aliphatic carbocycles. The molecule has 5 atom stereocenters. The smallest absolute Gasteiger partial charge is 0.273 e. The molecule has 2 fully saturated rings. The van der Waals surface area contributed by atoms with E-state index in [9.17, 15) is 9.65 Å². The molecule has 4 aromatic rings. The van der Waals surface area contributed by atoms with Crippen molar-refractivity contribution in [2.24, 2.45) is 0 Å². The molecule has 4 aromatic carbocycles. The summed E-state index contributed by atoms with van der Waals surface area (Å²) < 4.78 is 53.9. The molecule has 2 aliphatic rings. The molecule has 0 amide bonds. The molecule has 0 spiro atoms. The first kappa shape index (κ1) is 39.8. The number of halogens is 1. The van der Waals surface area contributed by atoms with Crippen LogP contribution in [0.25, 0.3) is 0 Å². The summed E-state index contributed by atoms with van der Waals surface area (Å²) in [4.78, 5) is 6.47. The summed E-state index contributed by atoms with van der Waals surface area (Å²) in [5, 5.41) is 9.30. The van der Waals surface area contributed by atoms with Gasteiger partial charge in [0.2, 0.25) is 0 Å². The van der Waals surface area contributed by atoms with Gasteiger partial charge in [-0.05, 0) is 92.8 Å². The van der Waals surface area contributed by atoms with E-state index >= 15 is 0 Å². The number of nitriles is 1. The highest BCUT2D eigenvalue weighted by atomic mass is 31.1. The highest BCUT2D eigenvalue weighted by Gasteiger charge is 2.64. The van der Waals surface area contributed by atoms with E-state index in [4.69, 9.17) is 33.0 Å². The Morgan fingerprint density at radius 1 is 0.889 bits per heavy atom. The molecule has 2 aliphatic heterocycles. The van der Waals surface area contributed by atoms with Gasteiger partial charge in [-0.1, -0.05) is 66.7 Å². The number of nitrogens with zero attached hydrogens (tertiary/aromatic N) is 2. The van der Waals surface area contributed by atoms with Gasteiger partial charge >= 0.3 is 0 Å². The molecule has 286 valence electrons. The number of methoxy groups -OCH3 is 2. The number of benzene rings is 4. The maximum Gasteiger partial charge on any atom is 0.273 e. The molecule has 2 saturated heterocycles. The minimum Gasteiger partial charge on any atom is -0.497 e. The third-order valence-electron chi connectivity index (χ3n) is 10.6. The molecule has 54 heavy (non-hydrogen) atoms. The zero-order valence-corrected chi connectivity index (χ0v) is 33.1. The molecule has 2 heterocycles. The standard InChI is InChI=1S/C43H51FN2O7P/c1-29(2)46(30(3)4,51-25-11-24-45)54-53-41-40-39(32-14-23-38(44)31(5)26-32)52-42(41,27-49-40)28-50-43(33-12-9-8-10-13-33,34-15-19-36(47-6)20-16-34)35-17-21-37(48-7)22-18-35/h8-10,12-23,26,29-30,39-41,54H,11,25,27-28H2,1-7H3/q+1/t39-,40+,41-,42+/m0/s1. The maximum absolute atomic E-state index is 14.5. The quantitative estimate of drug-likeness (QED) is 0.0458. The minimum absolute atomic E-state index is 0.0292. The van der Waals surface area contributed by atoms with Crippen molar-refractivity contribution < 1.29 is 41.9 Å². The first-order chi connectivity index (χ1) is 26.0. The Bertz CT molecular complexity index is 1830. The van der Waals surface area contributed by atoms with E-state index in [2.05, 4.69) is 45.9 Å². The normalized spacial score (nSPS) is 21.3. The second-order valence-electron chi connectivity index (χ2n) is 14.4. The van der Waals surface area contributed by atoms with Crippen LogP contribution in [-0.4, -0.2) is 68.3 Å². The molecule has 1 unspecified atom stereocenters. The number of hydroxylamine groups is 2. The number of quaternary nitrogens is 1. The Labute approximate surface area is 320 Å². The van der Waals surface area contributed by atoms with Crippen LogP contribution in [0.3, 0.4) is 0 Å². The van der Waals surface area contributed by atoms with E-state index < -0.39 is 29.5 Å². The van der Waals surface area contributed by atoms with Gasteiger partial charge in [-0.3, -0.25) is 0 Å². The monoisotopic (exact) mass is 757 g/mol. The SMILES string of the molecule is COc1ccc(C(OC[C@@]23CO[C@H]([C@H](c4ccc(F)c(C)c4)O2)[C@@H]3OP[N+](OCCC#N)(C(C)C)C(C)C)(c2ccccc2)c2ccc(OC)cc2)cc1. The second kappa shape index (κ2) is 16.8. The van der Waals surface area contributed by atoms with Gasteiger partial charge in [0, 0.05) is 0 Å². The van der Waals surface area contributed by atoms with Crippen LogP contribution >= 0.6 is 8.96 Å². The fraction of sp³-hybridized carbons (Fsp3) is 0.419. The van der Waals surface area contributed by atoms with E-state index in [0.717, 1.165) is 33.8 Å². The fourth-order valence-corrected chi connectivity index (χ4v) is 8.82. The Hall–Kier alpha value is -3.91. The molecule has 0 radical (unpaired) electrons. The van der Waals surface area contributed by atoms with Gasteiger partial charge in [-0.15, -0.1) is 4.42 Å². The molecular formula is C43H51FN2O7P+. The largest absolute Gasteiger partial charge is 0.497 e. The molecule has 11 heteroatoms. The van der Waals surface area contributed by atoms with Crippen molar-refractivity contribution in [3.8, 4) is 17.6 Å². The minimum atomic E-state index is -1.11. The summed E-state index contributed by atoms with van der Waals surface area (Å²) in [6.45, 7) is 10.7. The van der Waals surface area contributed by atoms with Crippen LogP contribution in [0.1, 0.15) is 68.0 Å². The zero-order chi connectivity index (χ0) is 38.5. The first-order valence-corrected chi connectivity index (χ1v) is 19.3. The number of hydrogen-bond acceptors (Lipinski definition) is 8.